The predicted octanol–water partition coefficient (Wildman–Crippen LogP) is 0.883. The Balaban J connectivity index is 2.96. The maximum Gasteiger partial charge on any atom is 0.121 e. The molecule has 3 nitrogen and oxygen atoms in total. The molecule has 0 aliphatic heterocycles. The number of nitrogens with zero attached hydrogens (tertiary/aromatic N) is 3. The molecule has 0 aliphatic rings. The van der Waals surface area contributed by atoms with Gasteiger partial charge in [-0.05, 0) is 12.1 Å². The van der Waals surface area contributed by atoms with Gasteiger partial charge in [0.05, 0.1) is 6.07 Å². The molecule has 0 N–H and O–H groups in total. The van der Waals surface area contributed by atoms with Gasteiger partial charge in [-0.1, -0.05) is 0 Å². The molecule has 3 heteroatoms. The fraction of sp³-hybridized carbons (Fsp3) is 0.143. The third kappa shape index (κ3) is 0.985. The second kappa shape index (κ2) is 2.70. The van der Waals surface area contributed by atoms with Crippen LogP contribution in [0.4, 0.5) is 0 Å². The minimum atomic E-state index is 0.246. The van der Waals surface area contributed by atoms with Crippen LogP contribution in [0, 0.1) is 22.7 Å². The van der Waals surface area contributed by atoms with Crippen LogP contribution in [0.1, 0.15) is 5.69 Å². The van der Waals surface area contributed by atoms with E-state index in [4.69, 9.17) is 10.5 Å². The quantitative estimate of drug-likeness (QED) is 0.568. The predicted molar refractivity (Wildman–Crippen MR) is 34.8 cm³/mol. The van der Waals surface area contributed by atoms with E-state index in [0.29, 0.717) is 5.69 Å². The van der Waals surface area contributed by atoms with E-state index in [2.05, 4.69) is 0 Å². The van der Waals surface area contributed by atoms with Crippen molar-refractivity contribution in [2.45, 2.75) is 6.54 Å². The first-order valence-corrected chi connectivity index (χ1v) is 2.80. The first-order valence-electron chi connectivity index (χ1n) is 2.80. The van der Waals surface area contributed by atoms with E-state index >= 15 is 0 Å². The zero-order valence-electron chi connectivity index (χ0n) is 5.28. The molecule has 0 aliphatic carbocycles. The van der Waals surface area contributed by atoms with Gasteiger partial charge in [-0.3, -0.25) is 0 Å². The SMILES string of the molecule is N#CCn1cccc1C#N. The molecule has 0 bridgehead atoms. The van der Waals surface area contributed by atoms with E-state index < -0.39 is 0 Å². The molecule has 0 saturated carbocycles. The van der Waals surface area contributed by atoms with Gasteiger partial charge in [-0.25, -0.2) is 0 Å². The highest BCUT2D eigenvalue weighted by Gasteiger charge is 1.95. The van der Waals surface area contributed by atoms with Gasteiger partial charge in [0, 0.05) is 6.20 Å². The summed E-state index contributed by atoms with van der Waals surface area (Å²) in [5.41, 5.74) is 0.529. The largest absolute Gasteiger partial charge is 0.326 e. The van der Waals surface area contributed by atoms with Crippen molar-refractivity contribution in [3.8, 4) is 12.1 Å². The Morgan fingerprint density at radius 1 is 1.50 bits per heavy atom. The topological polar surface area (TPSA) is 52.5 Å². The highest BCUT2D eigenvalue weighted by Crippen LogP contribution is 1.98. The minimum Gasteiger partial charge on any atom is -0.326 e. The molecular formula is C7H5N3. The van der Waals surface area contributed by atoms with Crippen LogP contribution in [-0.4, -0.2) is 4.57 Å². The van der Waals surface area contributed by atoms with Gasteiger partial charge in [0.1, 0.15) is 18.3 Å². The van der Waals surface area contributed by atoms with Crippen molar-refractivity contribution in [3.63, 3.8) is 0 Å². The third-order valence-corrected chi connectivity index (χ3v) is 1.19. The van der Waals surface area contributed by atoms with Gasteiger partial charge in [0.15, 0.2) is 0 Å². The smallest absolute Gasteiger partial charge is 0.121 e. The van der Waals surface area contributed by atoms with Gasteiger partial charge in [-0.2, -0.15) is 10.5 Å². The first-order chi connectivity index (χ1) is 4.88. The standard InChI is InChI=1S/C7H5N3/c8-3-5-10-4-1-2-7(10)6-9/h1-2,4H,5H2. The fourth-order valence-corrected chi connectivity index (χ4v) is 0.730. The van der Waals surface area contributed by atoms with E-state index in [0.717, 1.165) is 0 Å². The zero-order chi connectivity index (χ0) is 7.40. The monoisotopic (exact) mass is 131 g/mol. The second-order valence-electron chi connectivity index (χ2n) is 1.79. The van der Waals surface area contributed by atoms with Crippen LogP contribution in [0.3, 0.4) is 0 Å². The molecule has 10 heavy (non-hydrogen) atoms. The Labute approximate surface area is 58.7 Å². The van der Waals surface area contributed by atoms with E-state index in [1.165, 1.54) is 0 Å². The molecule has 1 aromatic heterocycles. The van der Waals surface area contributed by atoms with Gasteiger partial charge < -0.3 is 4.57 Å². The Morgan fingerprint density at radius 2 is 2.30 bits per heavy atom. The molecule has 0 amide bonds. The second-order valence-corrected chi connectivity index (χ2v) is 1.79. The van der Waals surface area contributed by atoms with E-state index in [-0.39, 0.29) is 6.54 Å². The maximum atomic E-state index is 8.45. The van der Waals surface area contributed by atoms with Crippen molar-refractivity contribution in [1.82, 2.24) is 4.57 Å². The Hall–Kier alpha value is -1.74. The average Bonchev–Trinajstić information content (AvgIpc) is 2.36. The Bertz CT molecular complexity index is 297. The zero-order valence-corrected chi connectivity index (χ0v) is 5.28. The van der Waals surface area contributed by atoms with Crippen molar-refractivity contribution in [3.05, 3.63) is 24.0 Å². The minimum absolute atomic E-state index is 0.246. The lowest BCUT2D eigenvalue weighted by molar-refractivity contribution is 0.826. The van der Waals surface area contributed by atoms with Crippen LogP contribution >= 0.6 is 0 Å². The molecule has 0 radical (unpaired) electrons. The molecule has 0 spiro atoms. The molecule has 0 fully saturated rings. The molecule has 1 heterocycles. The van der Waals surface area contributed by atoms with E-state index in [1.54, 1.807) is 22.9 Å². The Kier molecular flexibility index (Phi) is 1.72. The van der Waals surface area contributed by atoms with E-state index in [1.807, 2.05) is 12.1 Å². The molecule has 1 rings (SSSR count). The summed E-state index contributed by atoms with van der Waals surface area (Å²) in [4.78, 5) is 0. The van der Waals surface area contributed by atoms with Crippen LogP contribution in [0.15, 0.2) is 18.3 Å². The number of aromatic nitrogens is 1. The number of hydrogen-bond donors (Lipinski definition) is 0. The Morgan fingerprint density at radius 3 is 2.90 bits per heavy atom. The van der Waals surface area contributed by atoms with Gasteiger partial charge in [-0.15, -0.1) is 0 Å². The average molecular weight is 131 g/mol. The molecule has 0 atom stereocenters. The summed E-state index contributed by atoms with van der Waals surface area (Å²) < 4.78 is 1.60. The lowest BCUT2D eigenvalue weighted by Gasteiger charge is -1.93. The lowest BCUT2D eigenvalue weighted by atomic mass is 10.5. The summed E-state index contributed by atoms with van der Waals surface area (Å²) in [5, 5.41) is 16.7. The summed E-state index contributed by atoms with van der Waals surface area (Å²) in [6, 6.07) is 7.35. The van der Waals surface area contributed by atoms with Gasteiger partial charge in [0.25, 0.3) is 0 Å². The van der Waals surface area contributed by atoms with Crippen LogP contribution in [0.2, 0.25) is 0 Å². The molecule has 0 saturated heterocycles. The maximum absolute atomic E-state index is 8.45. The summed E-state index contributed by atoms with van der Waals surface area (Å²) in [7, 11) is 0. The normalized spacial score (nSPS) is 8.20. The molecule has 1 aromatic rings. The van der Waals surface area contributed by atoms with Gasteiger partial charge >= 0.3 is 0 Å². The summed E-state index contributed by atoms with van der Waals surface area (Å²) in [6.07, 6.45) is 1.71. The fourth-order valence-electron chi connectivity index (χ4n) is 0.730. The van der Waals surface area contributed by atoms with Crippen LogP contribution in [0.25, 0.3) is 0 Å². The van der Waals surface area contributed by atoms with Crippen molar-refractivity contribution in [2.75, 3.05) is 0 Å². The van der Waals surface area contributed by atoms with Crippen molar-refractivity contribution in [2.24, 2.45) is 0 Å². The molecule has 0 aromatic carbocycles. The summed E-state index contributed by atoms with van der Waals surface area (Å²) in [5.74, 6) is 0. The van der Waals surface area contributed by atoms with Crippen LogP contribution in [-0.2, 0) is 6.54 Å². The van der Waals surface area contributed by atoms with Crippen molar-refractivity contribution in [1.29, 1.82) is 10.5 Å². The van der Waals surface area contributed by atoms with Crippen LogP contribution in [0.5, 0.6) is 0 Å². The highest BCUT2D eigenvalue weighted by atomic mass is 15.0. The number of rotatable bonds is 1. The highest BCUT2D eigenvalue weighted by molar-refractivity contribution is 5.22. The number of nitriles is 2. The van der Waals surface area contributed by atoms with Crippen LogP contribution < -0.4 is 0 Å². The molecule has 48 valence electrons. The van der Waals surface area contributed by atoms with E-state index in [9.17, 15) is 0 Å². The molecular weight excluding hydrogens is 126 g/mol. The summed E-state index contributed by atoms with van der Waals surface area (Å²) in [6.45, 7) is 0.246. The number of hydrogen-bond acceptors (Lipinski definition) is 2. The third-order valence-electron chi connectivity index (χ3n) is 1.19. The van der Waals surface area contributed by atoms with Crippen molar-refractivity contribution >= 4 is 0 Å². The van der Waals surface area contributed by atoms with Crippen molar-refractivity contribution < 1.29 is 0 Å². The summed E-state index contributed by atoms with van der Waals surface area (Å²) >= 11 is 0. The first kappa shape index (κ1) is 6.38. The lowest BCUT2D eigenvalue weighted by Crippen LogP contribution is -1.95. The molecule has 0 unspecified atom stereocenters. The van der Waals surface area contributed by atoms with Gasteiger partial charge in [0.2, 0.25) is 0 Å².